The number of hydrogen-bond donors (Lipinski definition) is 1. The molecule has 16 heavy (non-hydrogen) atoms. The average Bonchev–Trinajstić information content (AvgIpc) is 2.25. The first-order chi connectivity index (χ1) is 7.25. The number of hydrogen-bond acceptors (Lipinski definition) is 3. The first kappa shape index (κ1) is 13.4. The zero-order valence-electron chi connectivity index (χ0n) is 9.89. The third-order valence-electron chi connectivity index (χ3n) is 3.00. The topological polar surface area (TPSA) is 28.2 Å². The van der Waals surface area contributed by atoms with E-state index >= 15 is 0 Å². The Labute approximate surface area is 104 Å². The lowest BCUT2D eigenvalue weighted by molar-refractivity contribution is 0.138. The smallest absolute Gasteiger partial charge is 0.0312 e. The first-order valence-electron chi connectivity index (χ1n) is 5.62. The normalized spacial score (nSPS) is 26.1. The molecule has 3 nitrogen and oxygen atoms in total. The Morgan fingerprint density at radius 1 is 1.50 bits per heavy atom. The van der Waals surface area contributed by atoms with Crippen LogP contribution in [0.25, 0.3) is 0 Å². The van der Waals surface area contributed by atoms with Gasteiger partial charge in [0.1, 0.15) is 0 Å². The second-order valence-corrected chi connectivity index (χ2v) is 4.45. The van der Waals surface area contributed by atoms with Gasteiger partial charge in [-0.2, -0.15) is 0 Å². The highest BCUT2D eigenvalue weighted by atomic mass is 35.5. The van der Waals surface area contributed by atoms with Crippen LogP contribution in [0.15, 0.2) is 24.5 Å². The van der Waals surface area contributed by atoms with Crippen LogP contribution in [0.3, 0.4) is 0 Å². The van der Waals surface area contributed by atoms with Crippen molar-refractivity contribution in [2.75, 3.05) is 13.1 Å². The fourth-order valence-electron chi connectivity index (χ4n) is 2.04. The summed E-state index contributed by atoms with van der Waals surface area (Å²) < 4.78 is 0. The van der Waals surface area contributed by atoms with Crippen molar-refractivity contribution in [3.05, 3.63) is 30.1 Å². The molecule has 0 aliphatic carbocycles. The second-order valence-electron chi connectivity index (χ2n) is 4.45. The van der Waals surface area contributed by atoms with Crippen LogP contribution < -0.4 is 5.32 Å². The van der Waals surface area contributed by atoms with Crippen LogP contribution in [0, 0.1) is 0 Å². The maximum Gasteiger partial charge on any atom is 0.0312 e. The summed E-state index contributed by atoms with van der Waals surface area (Å²) in [6.07, 6.45) is 3.78. The monoisotopic (exact) mass is 241 g/mol. The summed E-state index contributed by atoms with van der Waals surface area (Å²) in [4.78, 5) is 6.66. The molecule has 0 saturated carbocycles. The molecule has 1 N–H and O–H groups in total. The number of halogens is 1. The molecule has 0 aromatic carbocycles. The van der Waals surface area contributed by atoms with Crippen molar-refractivity contribution in [1.82, 2.24) is 15.2 Å². The summed E-state index contributed by atoms with van der Waals surface area (Å²) in [5.74, 6) is 0. The maximum absolute atomic E-state index is 4.15. The van der Waals surface area contributed by atoms with Crippen LogP contribution in [0.5, 0.6) is 0 Å². The molecule has 1 aromatic rings. The lowest BCUT2D eigenvalue weighted by atomic mass is 10.1. The molecule has 1 aliphatic heterocycles. The number of rotatable bonds is 2. The van der Waals surface area contributed by atoms with E-state index in [2.05, 4.69) is 35.1 Å². The number of nitrogens with one attached hydrogen (secondary N) is 1. The predicted octanol–water partition coefficient (Wildman–Crippen LogP) is 1.69. The number of pyridine rings is 1. The minimum Gasteiger partial charge on any atom is -0.311 e. The Morgan fingerprint density at radius 2 is 2.31 bits per heavy atom. The standard InChI is InChI=1S/C12H19N3.ClH/c1-10-8-15(11(2)6-14-10)9-12-4-3-5-13-7-12;/h3-5,7,10-11,14H,6,8-9H2,1-2H3;1H. The largest absolute Gasteiger partial charge is 0.311 e. The predicted molar refractivity (Wildman–Crippen MR) is 68.8 cm³/mol. The average molecular weight is 242 g/mol. The Kier molecular flexibility index (Phi) is 5.19. The van der Waals surface area contributed by atoms with Gasteiger partial charge in [0, 0.05) is 44.1 Å². The lowest BCUT2D eigenvalue weighted by Crippen LogP contribution is -2.53. The molecule has 2 rings (SSSR count). The van der Waals surface area contributed by atoms with Crippen molar-refractivity contribution in [3.63, 3.8) is 0 Å². The Morgan fingerprint density at radius 3 is 3.00 bits per heavy atom. The molecular weight excluding hydrogens is 222 g/mol. The molecule has 0 spiro atoms. The summed E-state index contributed by atoms with van der Waals surface area (Å²) in [5.41, 5.74) is 1.30. The van der Waals surface area contributed by atoms with E-state index in [0.29, 0.717) is 12.1 Å². The van der Waals surface area contributed by atoms with Gasteiger partial charge in [0.15, 0.2) is 0 Å². The van der Waals surface area contributed by atoms with E-state index in [-0.39, 0.29) is 12.4 Å². The molecule has 2 atom stereocenters. The maximum atomic E-state index is 4.15. The molecule has 1 aromatic heterocycles. The highest BCUT2D eigenvalue weighted by molar-refractivity contribution is 5.85. The SMILES string of the molecule is CC1CN(Cc2cccnc2)C(C)CN1.Cl. The summed E-state index contributed by atoms with van der Waals surface area (Å²) in [7, 11) is 0. The number of nitrogens with zero attached hydrogens (tertiary/aromatic N) is 2. The zero-order chi connectivity index (χ0) is 10.7. The van der Waals surface area contributed by atoms with E-state index in [1.54, 1.807) is 0 Å². The molecule has 4 heteroatoms. The molecule has 0 radical (unpaired) electrons. The molecular formula is C12H20ClN3. The van der Waals surface area contributed by atoms with E-state index in [1.807, 2.05) is 18.5 Å². The van der Waals surface area contributed by atoms with Gasteiger partial charge in [-0.05, 0) is 25.5 Å². The second kappa shape index (κ2) is 6.18. The zero-order valence-corrected chi connectivity index (χ0v) is 10.7. The van der Waals surface area contributed by atoms with Crippen molar-refractivity contribution in [2.24, 2.45) is 0 Å². The van der Waals surface area contributed by atoms with E-state index in [0.717, 1.165) is 19.6 Å². The van der Waals surface area contributed by atoms with Crippen LogP contribution in [0.2, 0.25) is 0 Å². The quantitative estimate of drug-likeness (QED) is 0.854. The van der Waals surface area contributed by atoms with Gasteiger partial charge in [0.2, 0.25) is 0 Å². The molecule has 0 amide bonds. The third-order valence-corrected chi connectivity index (χ3v) is 3.00. The summed E-state index contributed by atoms with van der Waals surface area (Å²) in [6.45, 7) is 7.73. The van der Waals surface area contributed by atoms with Crippen LogP contribution in [0.1, 0.15) is 19.4 Å². The molecule has 1 saturated heterocycles. The van der Waals surface area contributed by atoms with Crippen LogP contribution in [0.4, 0.5) is 0 Å². The molecule has 2 heterocycles. The Bertz CT molecular complexity index is 304. The van der Waals surface area contributed by atoms with E-state index in [9.17, 15) is 0 Å². The van der Waals surface area contributed by atoms with Crippen molar-refractivity contribution >= 4 is 12.4 Å². The van der Waals surface area contributed by atoms with Gasteiger partial charge in [0.25, 0.3) is 0 Å². The number of aromatic nitrogens is 1. The summed E-state index contributed by atoms with van der Waals surface area (Å²) in [5, 5.41) is 3.49. The number of piperazine rings is 1. The first-order valence-corrected chi connectivity index (χ1v) is 5.62. The van der Waals surface area contributed by atoms with Crippen molar-refractivity contribution in [1.29, 1.82) is 0 Å². The van der Waals surface area contributed by atoms with Gasteiger partial charge in [-0.1, -0.05) is 6.07 Å². The highest BCUT2D eigenvalue weighted by Gasteiger charge is 2.21. The van der Waals surface area contributed by atoms with Gasteiger partial charge >= 0.3 is 0 Å². The van der Waals surface area contributed by atoms with Gasteiger partial charge in [-0.3, -0.25) is 9.88 Å². The third kappa shape index (κ3) is 3.44. The van der Waals surface area contributed by atoms with Crippen molar-refractivity contribution < 1.29 is 0 Å². The molecule has 1 fully saturated rings. The molecule has 90 valence electrons. The van der Waals surface area contributed by atoms with Crippen LogP contribution in [-0.2, 0) is 6.54 Å². The van der Waals surface area contributed by atoms with Crippen molar-refractivity contribution in [3.8, 4) is 0 Å². The minimum atomic E-state index is 0. The molecule has 0 bridgehead atoms. The van der Waals surface area contributed by atoms with Gasteiger partial charge in [-0.15, -0.1) is 12.4 Å². The lowest BCUT2D eigenvalue weighted by Gasteiger charge is -2.37. The summed E-state index contributed by atoms with van der Waals surface area (Å²) in [6, 6.07) is 5.36. The van der Waals surface area contributed by atoms with Crippen LogP contribution in [-0.4, -0.2) is 35.1 Å². The highest BCUT2D eigenvalue weighted by Crippen LogP contribution is 2.11. The van der Waals surface area contributed by atoms with Gasteiger partial charge in [-0.25, -0.2) is 0 Å². The fourth-order valence-corrected chi connectivity index (χ4v) is 2.04. The Hall–Kier alpha value is -0.640. The van der Waals surface area contributed by atoms with E-state index in [1.165, 1.54) is 5.56 Å². The summed E-state index contributed by atoms with van der Waals surface area (Å²) >= 11 is 0. The van der Waals surface area contributed by atoms with Gasteiger partial charge < -0.3 is 5.32 Å². The van der Waals surface area contributed by atoms with E-state index < -0.39 is 0 Å². The van der Waals surface area contributed by atoms with E-state index in [4.69, 9.17) is 0 Å². The molecule has 1 aliphatic rings. The van der Waals surface area contributed by atoms with Crippen molar-refractivity contribution in [2.45, 2.75) is 32.5 Å². The van der Waals surface area contributed by atoms with Crippen LogP contribution >= 0.6 is 12.4 Å². The van der Waals surface area contributed by atoms with Gasteiger partial charge in [0.05, 0.1) is 0 Å². The molecule has 2 unspecified atom stereocenters. The minimum absolute atomic E-state index is 0. The fraction of sp³-hybridized carbons (Fsp3) is 0.583. The Balaban J connectivity index is 0.00000128.